The van der Waals surface area contributed by atoms with Gasteiger partial charge < -0.3 is 15.2 Å². The second-order valence-corrected chi connectivity index (χ2v) is 4.36. The standard InChI is InChI=1S/C12H15ClF3NO2/c1-2-19-11-5-8(13)3-4-10(11)17-7-9(18)6-12(14,15)16/h3-5,9,17-18H,2,6-7H2,1H3. The molecule has 0 amide bonds. The molecule has 1 aromatic rings. The van der Waals surface area contributed by atoms with Crippen molar-refractivity contribution in [2.45, 2.75) is 25.6 Å². The van der Waals surface area contributed by atoms with Gasteiger partial charge in [0.2, 0.25) is 0 Å². The highest BCUT2D eigenvalue weighted by molar-refractivity contribution is 6.30. The number of rotatable bonds is 6. The molecule has 0 aromatic heterocycles. The van der Waals surface area contributed by atoms with Crippen molar-refractivity contribution in [3.05, 3.63) is 23.2 Å². The fourth-order valence-electron chi connectivity index (χ4n) is 1.48. The molecule has 1 aromatic carbocycles. The highest BCUT2D eigenvalue weighted by atomic mass is 35.5. The molecule has 19 heavy (non-hydrogen) atoms. The smallest absolute Gasteiger partial charge is 0.391 e. The van der Waals surface area contributed by atoms with Gasteiger partial charge in [0.25, 0.3) is 0 Å². The fourth-order valence-corrected chi connectivity index (χ4v) is 1.65. The van der Waals surface area contributed by atoms with Gasteiger partial charge in [-0.25, -0.2) is 0 Å². The summed E-state index contributed by atoms with van der Waals surface area (Å²) in [7, 11) is 0. The molecule has 0 saturated carbocycles. The Kier molecular flexibility index (Phi) is 5.75. The zero-order valence-corrected chi connectivity index (χ0v) is 11.1. The average Bonchev–Trinajstić information content (AvgIpc) is 2.26. The van der Waals surface area contributed by atoms with Crippen LogP contribution in [-0.2, 0) is 0 Å². The molecule has 3 nitrogen and oxygen atoms in total. The van der Waals surface area contributed by atoms with Gasteiger partial charge in [0.15, 0.2) is 0 Å². The summed E-state index contributed by atoms with van der Waals surface area (Å²) in [6, 6.07) is 4.74. The first-order valence-corrected chi connectivity index (χ1v) is 6.10. The number of halogens is 4. The third kappa shape index (κ3) is 6.02. The zero-order valence-electron chi connectivity index (χ0n) is 10.3. The van der Waals surface area contributed by atoms with Crippen LogP contribution in [-0.4, -0.2) is 30.5 Å². The van der Waals surface area contributed by atoms with E-state index >= 15 is 0 Å². The average molecular weight is 298 g/mol. The summed E-state index contributed by atoms with van der Waals surface area (Å²) in [4.78, 5) is 0. The van der Waals surface area contributed by atoms with Crippen molar-refractivity contribution < 1.29 is 23.0 Å². The van der Waals surface area contributed by atoms with Crippen molar-refractivity contribution in [3.63, 3.8) is 0 Å². The predicted molar refractivity (Wildman–Crippen MR) is 67.8 cm³/mol. The number of hydrogen-bond donors (Lipinski definition) is 2. The molecule has 0 saturated heterocycles. The van der Waals surface area contributed by atoms with Crippen LogP contribution in [0.4, 0.5) is 18.9 Å². The lowest BCUT2D eigenvalue weighted by Gasteiger charge is -2.16. The molecule has 1 unspecified atom stereocenters. The lowest BCUT2D eigenvalue weighted by molar-refractivity contribution is -0.151. The Morgan fingerprint density at radius 3 is 2.68 bits per heavy atom. The van der Waals surface area contributed by atoms with Gasteiger partial charge in [0.05, 0.1) is 24.8 Å². The Morgan fingerprint density at radius 1 is 1.42 bits per heavy atom. The first-order chi connectivity index (χ1) is 8.81. The second kappa shape index (κ2) is 6.86. The van der Waals surface area contributed by atoms with Gasteiger partial charge in [-0.2, -0.15) is 13.2 Å². The number of benzene rings is 1. The summed E-state index contributed by atoms with van der Waals surface area (Å²) >= 11 is 5.80. The minimum Gasteiger partial charge on any atom is -0.492 e. The first-order valence-electron chi connectivity index (χ1n) is 5.73. The lowest BCUT2D eigenvalue weighted by atomic mass is 10.2. The van der Waals surface area contributed by atoms with E-state index in [0.717, 1.165) is 0 Å². The molecule has 0 heterocycles. The van der Waals surface area contributed by atoms with Gasteiger partial charge in [0, 0.05) is 17.6 Å². The summed E-state index contributed by atoms with van der Waals surface area (Å²) in [6.07, 6.45) is -7.15. The number of nitrogens with one attached hydrogen (secondary N) is 1. The van der Waals surface area contributed by atoms with Crippen molar-refractivity contribution in [2.75, 3.05) is 18.5 Å². The molecule has 0 bridgehead atoms. The Balaban J connectivity index is 2.62. The number of anilines is 1. The molecule has 1 rings (SSSR count). The molecule has 0 aliphatic rings. The highest BCUT2D eigenvalue weighted by Crippen LogP contribution is 2.28. The van der Waals surface area contributed by atoms with Gasteiger partial charge in [-0.15, -0.1) is 0 Å². The number of ether oxygens (including phenoxy) is 1. The Morgan fingerprint density at radius 2 is 2.11 bits per heavy atom. The van der Waals surface area contributed by atoms with Gasteiger partial charge in [-0.3, -0.25) is 0 Å². The largest absolute Gasteiger partial charge is 0.492 e. The summed E-state index contributed by atoms with van der Waals surface area (Å²) in [5, 5.41) is 12.4. The molecule has 1 atom stereocenters. The quantitative estimate of drug-likeness (QED) is 0.845. The Hall–Kier alpha value is -1.14. The van der Waals surface area contributed by atoms with Gasteiger partial charge in [-0.05, 0) is 19.1 Å². The van der Waals surface area contributed by atoms with Crippen LogP contribution in [0.2, 0.25) is 5.02 Å². The maximum absolute atomic E-state index is 12.1. The lowest BCUT2D eigenvalue weighted by Crippen LogP contribution is -2.26. The molecular weight excluding hydrogens is 283 g/mol. The normalized spacial score (nSPS) is 13.2. The van der Waals surface area contributed by atoms with Crippen LogP contribution in [0.25, 0.3) is 0 Å². The van der Waals surface area contributed by atoms with Crippen molar-refractivity contribution in [3.8, 4) is 5.75 Å². The molecule has 2 N–H and O–H groups in total. The van der Waals surface area contributed by atoms with Crippen LogP contribution in [0.5, 0.6) is 5.75 Å². The summed E-state index contributed by atoms with van der Waals surface area (Å²) in [5.74, 6) is 0.439. The summed E-state index contributed by atoms with van der Waals surface area (Å²) in [5.41, 5.74) is 0.493. The van der Waals surface area contributed by atoms with E-state index in [1.807, 2.05) is 0 Å². The minimum atomic E-state index is -4.39. The first kappa shape index (κ1) is 15.9. The van der Waals surface area contributed by atoms with Gasteiger partial charge in [-0.1, -0.05) is 11.6 Å². The monoisotopic (exact) mass is 297 g/mol. The van der Waals surface area contributed by atoms with Crippen LogP contribution < -0.4 is 10.1 Å². The maximum atomic E-state index is 12.1. The highest BCUT2D eigenvalue weighted by Gasteiger charge is 2.30. The molecule has 0 aliphatic carbocycles. The third-order valence-electron chi connectivity index (χ3n) is 2.24. The molecular formula is C12H15ClF3NO2. The summed E-state index contributed by atoms with van der Waals surface area (Å²) in [6.45, 7) is 1.96. The second-order valence-electron chi connectivity index (χ2n) is 3.93. The minimum absolute atomic E-state index is 0.221. The van der Waals surface area contributed by atoms with Crippen LogP contribution in [0.15, 0.2) is 18.2 Å². The Labute approximate surface area is 114 Å². The van der Waals surface area contributed by atoms with Gasteiger partial charge >= 0.3 is 6.18 Å². The summed E-state index contributed by atoms with van der Waals surface area (Å²) < 4.78 is 41.5. The molecule has 7 heteroatoms. The van der Waals surface area contributed by atoms with Crippen LogP contribution >= 0.6 is 11.6 Å². The molecule has 0 radical (unpaired) electrons. The molecule has 0 aliphatic heterocycles. The molecule has 0 fully saturated rings. The SMILES string of the molecule is CCOc1cc(Cl)ccc1NCC(O)CC(F)(F)F. The van der Waals surface area contributed by atoms with Crippen molar-refractivity contribution in [1.29, 1.82) is 0 Å². The number of alkyl halides is 3. The van der Waals surface area contributed by atoms with Crippen molar-refractivity contribution >= 4 is 17.3 Å². The van der Waals surface area contributed by atoms with E-state index in [2.05, 4.69) is 5.32 Å². The maximum Gasteiger partial charge on any atom is 0.391 e. The topological polar surface area (TPSA) is 41.5 Å². The van der Waals surface area contributed by atoms with E-state index in [-0.39, 0.29) is 6.54 Å². The third-order valence-corrected chi connectivity index (χ3v) is 2.47. The van der Waals surface area contributed by atoms with Crippen molar-refractivity contribution in [1.82, 2.24) is 0 Å². The molecule has 108 valence electrons. The van der Waals surface area contributed by atoms with E-state index in [1.54, 1.807) is 25.1 Å². The van der Waals surface area contributed by atoms with E-state index in [9.17, 15) is 18.3 Å². The number of aliphatic hydroxyl groups is 1. The predicted octanol–water partition coefficient (Wildman–Crippen LogP) is 3.46. The van der Waals surface area contributed by atoms with Crippen LogP contribution in [0.3, 0.4) is 0 Å². The van der Waals surface area contributed by atoms with Crippen LogP contribution in [0.1, 0.15) is 13.3 Å². The molecule has 0 spiro atoms. The Bertz CT molecular complexity index is 412. The van der Waals surface area contributed by atoms with E-state index in [0.29, 0.717) is 23.1 Å². The van der Waals surface area contributed by atoms with E-state index in [4.69, 9.17) is 16.3 Å². The van der Waals surface area contributed by atoms with Gasteiger partial charge in [0.1, 0.15) is 5.75 Å². The van der Waals surface area contributed by atoms with Crippen LogP contribution in [0, 0.1) is 0 Å². The zero-order chi connectivity index (χ0) is 14.5. The van der Waals surface area contributed by atoms with E-state index < -0.39 is 18.7 Å². The van der Waals surface area contributed by atoms with E-state index in [1.165, 1.54) is 0 Å². The van der Waals surface area contributed by atoms with Crippen molar-refractivity contribution in [2.24, 2.45) is 0 Å². The number of aliphatic hydroxyl groups excluding tert-OH is 1. The fraction of sp³-hybridized carbons (Fsp3) is 0.500. The number of hydrogen-bond acceptors (Lipinski definition) is 3.